The molecule has 2 nitrogen and oxygen atoms in total. The van der Waals surface area contributed by atoms with Crippen molar-refractivity contribution >= 4 is 0 Å². The van der Waals surface area contributed by atoms with Gasteiger partial charge in [0.25, 0.3) is 0 Å². The second-order valence-corrected chi connectivity index (χ2v) is 4.56. The molecular weight excluding hydrogens is 208 g/mol. The van der Waals surface area contributed by atoms with Gasteiger partial charge in [-0.3, -0.25) is 0 Å². The van der Waals surface area contributed by atoms with Gasteiger partial charge in [-0.1, -0.05) is 43.7 Å². The van der Waals surface area contributed by atoms with Crippen LogP contribution >= 0.6 is 0 Å². The Morgan fingerprint density at radius 1 is 1.00 bits per heavy atom. The summed E-state index contributed by atoms with van der Waals surface area (Å²) in [4.78, 5) is 4.87. The van der Waals surface area contributed by atoms with E-state index in [1.807, 2.05) is 0 Å². The number of hydrogen-bond donors (Lipinski definition) is 0. The zero-order valence-corrected chi connectivity index (χ0v) is 10.8. The van der Waals surface area contributed by atoms with Crippen LogP contribution in [0.1, 0.15) is 32.3 Å². The molecule has 0 saturated heterocycles. The minimum Gasteiger partial charge on any atom is -0.356 e. The van der Waals surface area contributed by atoms with Gasteiger partial charge in [-0.05, 0) is 18.9 Å². The predicted molar refractivity (Wildman–Crippen MR) is 72.2 cm³/mol. The van der Waals surface area contributed by atoms with E-state index in [2.05, 4.69) is 66.4 Å². The van der Waals surface area contributed by atoms with E-state index >= 15 is 0 Å². The molecule has 1 aromatic carbocycles. The molecule has 1 aliphatic rings. The Hall–Kier alpha value is -1.44. The fourth-order valence-corrected chi connectivity index (χ4v) is 2.42. The second kappa shape index (κ2) is 5.76. The number of benzene rings is 1. The van der Waals surface area contributed by atoms with Crippen molar-refractivity contribution in [2.45, 2.75) is 39.4 Å². The Bertz CT molecular complexity index is 358. The summed E-state index contributed by atoms with van der Waals surface area (Å²) in [6, 6.07) is 10.7. The minimum atomic E-state index is 0.546. The molecule has 17 heavy (non-hydrogen) atoms. The zero-order chi connectivity index (χ0) is 12.1. The van der Waals surface area contributed by atoms with E-state index in [-0.39, 0.29) is 0 Å². The molecule has 0 amide bonds. The van der Waals surface area contributed by atoms with Gasteiger partial charge < -0.3 is 9.80 Å². The topological polar surface area (TPSA) is 6.48 Å². The van der Waals surface area contributed by atoms with Crippen molar-refractivity contribution in [1.82, 2.24) is 9.80 Å². The Morgan fingerprint density at radius 2 is 1.71 bits per heavy atom. The van der Waals surface area contributed by atoms with Gasteiger partial charge in [0.1, 0.15) is 6.17 Å². The molecule has 0 fully saturated rings. The smallest absolute Gasteiger partial charge is 0.101 e. The number of rotatable bonds is 5. The largest absolute Gasteiger partial charge is 0.356 e. The third-order valence-corrected chi connectivity index (χ3v) is 3.34. The van der Waals surface area contributed by atoms with Crippen LogP contribution in [0.5, 0.6) is 0 Å². The van der Waals surface area contributed by atoms with Gasteiger partial charge in [0.2, 0.25) is 0 Å². The maximum atomic E-state index is 2.45. The first-order valence-corrected chi connectivity index (χ1v) is 6.59. The average molecular weight is 230 g/mol. The van der Waals surface area contributed by atoms with E-state index in [9.17, 15) is 0 Å². The fraction of sp³-hybridized carbons (Fsp3) is 0.467. The molecule has 1 atom stereocenters. The van der Waals surface area contributed by atoms with E-state index in [4.69, 9.17) is 0 Å². The van der Waals surface area contributed by atoms with Gasteiger partial charge in [-0.15, -0.1) is 0 Å². The summed E-state index contributed by atoms with van der Waals surface area (Å²) in [7, 11) is 0. The molecule has 1 aliphatic heterocycles. The molecule has 0 radical (unpaired) electrons. The van der Waals surface area contributed by atoms with Gasteiger partial charge in [-0.25, -0.2) is 0 Å². The summed E-state index contributed by atoms with van der Waals surface area (Å²) in [6.07, 6.45) is 7.47. The minimum absolute atomic E-state index is 0.546. The zero-order valence-electron chi connectivity index (χ0n) is 10.8. The molecular formula is C15H22N2. The first-order chi connectivity index (χ1) is 8.35. The van der Waals surface area contributed by atoms with Crippen molar-refractivity contribution in [2.75, 3.05) is 6.54 Å². The van der Waals surface area contributed by atoms with Crippen LogP contribution in [-0.4, -0.2) is 22.5 Å². The van der Waals surface area contributed by atoms with Gasteiger partial charge >= 0.3 is 0 Å². The van der Waals surface area contributed by atoms with Crippen molar-refractivity contribution in [1.29, 1.82) is 0 Å². The summed E-state index contributed by atoms with van der Waals surface area (Å²) in [5.41, 5.74) is 1.39. The third-order valence-electron chi connectivity index (χ3n) is 3.34. The maximum Gasteiger partial charge on any atom is 0.101 e. The van der Waals surface area contributed by atoms with Crippen molar-refractivity contribution < 1.29 is 0 Å². The van der Waals surface area contributed by atoms with E-state index < -0.39 is 0 Å². The lowest BCUT2D eigenvalue weighted by molar-refractivity contribution is 0.141. The molecule has 92 valence electrons. The molecule has 0 N–H and O–H groups in total. The first kappa shape index (κ1) is 12.0. The second-order valence-electron chi connectivity index (χ2n) is 4.56. The van der Waals surface area contributed by atoms with Crippen LogP contribution in [0.4, 0.5) is 0 Å². The van der Waals surface area contributed by atoms with Crippen LogP contribution < -0.4 is 0 Å². The average Bonchev–Trinajstić information content (AvgIpc) is 2.74. The summed E-state index contributed by atoms with van der Waals surface area (Å²) < 4.78 is 0. The van der Waals surface area contributed by atoms with Gasteiger partial charge in [0, 0.05) is 25.5 Å². The van der Waals surface area contributed by atoms with Crippen LogP contribution in [0.2, 0.25) is 0 Å². The molecule has 0 aromatic heterocycles. The SMILES string of the molecule is CCCC1N(CC)C=CN1Cc1ccccc1. The van der Waals surface area contributed by atoms with Crippen LogP contribution in [0.25, 0.3) is 0 Å². The standard InChI is InChI=1S/C15H22N2/c1-3-8-15-16(4-2)11-12-17(15)13-14-9-6-5-7-10-14/h5-7,9-12,15H,3-4,8,13H2,1-2H3. The van der Waals surface area contributed by atoms with E-state index in [1.54, 1.807) is 0 Å². The highest BCUT2D eigenvalue weighted by atomic mass is 15.4. The summed E-state index contributed by atoms with van der Waals surface area (Å²) in [6.45, 7) is 6.58. The van der Waals surface area contributed by atoms with Gasteiger partial charge in [0.05, 0.1) is 0 Å². The molecule has 0 saturated carbocycles. The van der Waals surface area contributed by atoms with Crippen LogP contribution in [-0.2, 0) is 6.54 Å². The van der Waals surface area contributed by atoms with Crippen molar-refractivity contribution in [3.05, 3.63) is 48.3 Å². The molecule has 2 heteroatoms. The molecule has 2 rings (SSSR count). The molecule has 0 bridgehead atoms. The Labute approximate surface area is 105 Å². The molecule has 0 spiro atoms. The Kier molecular flexibility index (Phi) is 4.08. The highest BCUT2D eigenvalue weighted by molar-refractivity contribution is 5.15. The monoisotopic (exact) mass is 230 g/mol. The lowest BCUT2D eigenvalue weighted by Gasteiger charge is -2.32. The lowest BCUT2D eigenvalue weighted by atomic mass is 10.2. The van der Waals surface area contributed by atoms with E-state index in [0.29, 0.717) is 6.17 Å². The molecule has 0 aliphatic carbocycles. The highest BCUT2D eigenvalue weighted by Gasteiger charge is 2.23. The van der Waals surface area contributed by atoms with Crippen LogP contribution in [0.15, 0.2) is 42.7 Å². The maximum absolute atomic E-state index is 2.45. The normalized spacial score (nSPS) is 19.1. The molecule has 1 aromatic rings. The van der Waals surface area contributed by atoms with Crippen molar-refractivity contribution in [3.8, 4) is 0 Å². The summed E-state index contributed by atoms with van der Waals surface area (Å²) >= 11 is 0. The lowest BCUT2D eigenvalue weighted by Crippen LogP contribution is -2.37. The highest BCUT2D eigenvalue weighted by Crippen LogP contribution is 2.22. The number of nitrogens with zero attached hydrogens (tertiary/aromatic N) is 2. The summed E-state index contributed by atoms with van der Waals surface area (Å²) in [5, 5.41) is 0. The van der Waals surface area contributed by atoms with Crippen molar-refractivity contribution in [2.24, 2.45) is 0 Å². The van der Waals surface area contributed by atoms with Crippen molar-refractivity contribution in [3.63, 3.8) is 0 Å². The Morgan fingerprint density at radius 3 is 2.35 bits per heavy atom. The van der Waals surface area contributed by atoms with Crippen LogP contribution in [0, 0.1) is 0 Å². The molecule has 1 unspecified atom stereocenters. The summed E-state index contributed by atoms with van der Waals surface area (Å²) in [5.74, 6) is 0. The third kappa shape index (κ3) is 2.82. The number of hydrogen-bond acceptors (Lipinski definition) is 2. The van der Waals surface area contributed by atoms with Gasteiger partial charge in [0.15, 0.2) is 0 Å². The van der Waals surface area contributed by atoms with Gasteiger partial charge in [-0.2, -0.15) is 0 Å². The Balaban J connectivity index is 2.03. The quantitative estimate of drug-likeness (QED) is 0.764. The predicted octanol–water partition coefficient (Wildman–Crippen LogP) is 3.42. The van der Waals surface area contributed by atoms with E-state index in [0.717, 1.165) is 13.1 Å². The first-order valence-electron chi connectivity index (χ1n) is 6.59. The fourth-order valence-electron chi connectivity index (χ4n) is 2.42. The van der Waals surface area contributed by atoms with Crippen LogP contribution in [0.3, 0.4) is 0 Å². The van der Waals surface area contributed by atoms with E-state index in [1.165, 1.54) is 18.4 Å². The molecule has 1 heterocycles.